The molecule has 1 aliphatic carbocycles. The van der Waals surface area contributed by atoms with E-state index in [-0.39, 0.29) is 11.9 Å². The fourth-order valence-electron chi connectivity index (χ4n) is 2.83. The average Bonchev–Trinajstić information content (AvgIpc) is 2.76. The molecule has 20 heavy (non-hydrogen) atoms. The summed E-state index contributed by atoms with van der Waals surface area (Å²) in [6, 6.07) is 3.00. The molecule has 0 saturated heterocycles. The third-order valence-electron chi connectivity index (χ3n) is 3.85. The summed E-state index contributed by atoms with van der Waals surface area (Å²) in [4.78, 5) is 0. The van der Waals surface area contributed by atoms with Gasteiger partial charge in [-0.3, -0.25) is 0 Å². The Bertz CT molecular complexity index is 462. The predicted octanol–water partition coefficient (Wildman–Crippen LogP) is 4.04. The monoisotopic (exact) mass is 280 g/mol. The molecule has 1 fully saturated rings. The van der Waals surface area contributed by atoms with Gasteiger partial charge in [-0.05, 0) is 38.5 Å². The number of nitrogens with one attached hydrogen (secondary N) is 1. The molecule has 1 saturated carbocycles. The zero-order valence-electron chi connectivity index (χ0n) is 12.6. The molecule has 0 bridgehead atoms. The number of nitrogen functional groups attached to an aromatic ring is 1. The number of nitrogens with two attached hydrogens (primary N) is 1. The van der Waals surface area contributed by atoms with Crippen molar-refractivity contribution < 1.29 is 9.13 Å². The van der Waals surface area contributed by atoms with Gasteiger partial charge in [0.1, 0.15) is 0 Å². The maximum atomic E-state index is 13.8. The molecule has 4 heteroatoms. The SMILES string of the molecule is CC1CCC(CNc2cc(OC(C)C)c(F)cc2N)C1. The van der Waals surface area contributed by atoms with E-state index < -0.39 is 5.82 Å². The molecule has 1 aliphatic rings. The van der Waals surface area contributed by atoms with Crippen LogP contribution in [0.2, 0.25) is 0 Å². The van der Waals surface area contributed by atoms with E-state index in [1.807, 2.05) is 13.8 Å². The summed E-state index contributed by atoms with van der Waals surface area (Å²) in [6.45, 7) is 6.94. The van der Waals surface area contributed by atoms with Crippen LogP contribution in [0.4, 0.5) is 15.8 Å². The van der Waals surface area contributed by atoms with Crippen molar-refractivity contribution >= 4 is 11.4 Å². The van der Waals surface area contributed by atoms with E-state index in [4.69, 9.17) is 10.5 Å². The molecule has 2 rings (SSSR count). The summed E-state index contributed by atoms with van der Waals surface area (Å²) in [6.07, 6.45) is 3.75. The first-order chi connectivity index (χ1) is 9.45. The lowest BCUT2D eigenvalue weighted by Crippen LogP contribution is -2.14. The summed E-state index contributed by atoms with van der Waals surface area (Å²) < 4.78 is 19.2. The minimum Gasteiger partial charge on any atom is -0.488 e. The van der Waals surface area contributed by atoms with Gasteiger partial charge in [-0.1, -0.05) is 13.3 Å². The number of anilines is 2. The summed E-state index contributed by atoms with van der Waals surface area (Å²) in [5.41, 5.74) is 7.08. The standard InChI is InChI=1S/C16H25FN2O/c1-10(2)20-16-8-15(14(18)7-13(16)17)19-9-12-5-4-11(3)6-12/h7-8,10-12,19H,4-6,9,18H2,1-3H3. The highest BCUT2D eigenvalue weighted by Crippen LogP contribution is 2.32. The van der Waals surface area contributed by atoms with Gasteiger partial charge in [-0.15, -0.1) is 0 Å². The Labute approximate surface area is 120 Å². The Morgan fingerprint density at radius 1 is 1.40 bits per heavy atom. The predicted molar refractivity (Wildman–Crippen MR) is 81.6 cm³/mol. The molecule has 0 heterocycles. The van der Waals surface area contributed by atoms with E-state index in [9.17, 15) is 4.39 Å². The molecule has 0 amide bonds. The fourth-order valence-corrected chi connectivity index (χ4v) is 2.83. The van der Waals surface area contributed by atoms with E-state index in [0.717, 1.165) is 18.2 Å². The van der Waals surface area contributed by atoms with Crippen molar-refractivity contribution in [2.75, 3.05) is 17.6 Å². The second kappa shape index (κ2) is 6.33. The van der Waals surface area contributed by atoms with Crippen molar-refractivity contribution in [3.05, 3.63) is 17.9 Å². The van der Waals surface area contributed by atoms with Crippen LogP contribution in [0.25, 0.3) is 0 Å². The lowest BCUT2D eigenvalue weighted by Gasteiger charge is -2.17. The lowest BCUT2D eigenvalue weighted by molar-refractivity contribution is 0.231. The van der Waals surface area contributed by atoms with Gasteiger partial charge < -0.3 is 15.8 Å². The zero-order valence-corrected chi connectivity index (χ0v) is 12.6. The van der Waals surface area contributed by atoms with Crippen LogP contribution in [-0.4, -0.2) is 12.6 Å². The number of rotatable bonds is 5. The molecule has 0 aliphatic heterocycles. The van der Waals surface area contributed by atoms with Crippen LogP contribution in [0.1, 0.15) is 40.0 Å². The number of ether oxygens (including phenoxy) is 1. The largest absolute Gasteiger partial charge is 0.488 e. The highest BCUT2D eigenvalue weighted by molar-refractivity contribution is 5.68. The van der Waals surface area contributed by atoms with Crippen LogP contribution < -0.4 is 15.8 Å². The molecule has 3 N–H and O–H groups in total. The number of halogens is 1. The topological polar surface area (TPSA) is 47.3 Å². The van der Waals surface area contributed by atoms with Gasteiger partial charge in [-0.25, -0.2) is 4.39 Å². The van der Waals surface area contributed by atoms with Crippen molar-refractivity contribution in [1.82, 2.24) is 0 Å². The normalized spacial score (nSPS) is 22.2. The Kier molecular flexibility index (Phi) is 4.73. The summed E-state index contributed by atoms with van der Waals surface area (Å²) in [5, 5.41) is 3.34. The first-order valence-electron chi connectivity index (χ1n) is 7.45. The van der Waals surface area contributed by atoms with Crippen LogP contribution in [0, 0.1) is 17.7 Å². The second-order valence-electron chi connectivity index (χ2n) is 6.20. The van der Waals surface area contributed by atoms with Gasteiger partial charge >= 0.3 is 0 Å². The summed E-state index contributed by atoms with van der Waals surface area (Å²) in [5.74, 6) is 1.35. The van der Waals surface area contributed by atoms with Crippen LogP contribution >= 0.6 is 0 Å². The smallest absolute Gasteiger partial charge is 0.167 e. The van der Waals surface area contributed by atoms with E-state index in [0.29, 0.717) is 11.6 Å². The summed E-state index contributed by atoms with van der Waals surface area (Å²) >= 11 is 0. The molecule has 2 atom stereocenters. The van der Waals surface area contributed by atoms with Gasteiger partial charge in [0.2, 0.25) is 0 Å². The zero-order chi connectivity index (χ0) is 14.7. The molecule has 1 aromatic rings. The molecular weight excluding hydrogens is 255 g/mol. The van der Waals surface area contributed by atoms with Gasteiger partial charge in [0.25, 0.3) is 0 Å². The van der Waals surface area contributed by atoms with Gasteiger partial charge in [0, 0.05) is 18.7 Å². The Balaban J connectivity index is 2.03. The van der Waals surface area contributed by atoms with E-state index in [1.54, 1.807) is 6.07 Å². The first-order valence-corrected chi connectivity index (χ1v) is 7.45. The third-order valence-corrected chi connectivity index (χ3v) is 3.85. The van der Waals surface area contributed by atoms with Crippen LogP contribution in [-0.2, 0) is 0 Å². The number of hydrogen-bond acceptors (Lipinski definition) is 3. The molecule has 2 unspecified atom stereocenters. The molecule has 3 nitrogen and oxygen atoms in total. The fraction of sp³-hybridized carbons (Fsp3) is 0.625. The highest BCUT2D eigenvalue weighted by atomic mass is 19.1. The van der Waals surface area contributed by atoms with Crippen molar-refractivity contribution in [1.29, 1.82) is 0 Å². The van der Waals surface area contributed by atoms with Crippen molar-refractivity contribution in [2.24, 2.45) is 11.8 Å². The Morgan fingerprint density at radius 2 is 2.15 bits per heavy atom. The molecule has 1 aromatic carbocycles. The number of benzene rings is 1. The Morgan fingerprint density at radius 3 is 2.75 bits per heavy atom. The van der Waals surface area contributed by atoms with Crippen molar-refractivity contribution in [3.8, 4) is 5.75 Å². The van der Waals surface area contributed by atoms with Crippen LogP contribution in [0.5, 0.6) is 5.75 Å². The first kappa shape index (κ1) is 14.9. The highest BCUT2D eigenvalue weighted by Gasteiger charge is 2.21. The average molecular weight is 280 g/mol. The lowest BCUT2D eigenvalue weighted by atomic mass is 10.1. The van der Waals surface area contributed by atoms with Crippen molar-refractivity contribution in [2.45, 2.75) is 46.1 Å². The van der Waals surface area contributed by atoms with Crippen molar-refractivity contribution in [3.63, 3.8) is 0 Å². The van der Waals surface area contributed by atoms with Gasteiger partial charge in [-0.2, -0.15) is 0 Å². The van der Waals surface area contributed by atoms with Crippen LogP contribution in [0.15, 0.2) is 12.1 Å². The van der Waals surface area contributed by atoms with E-state index in [1.165, 1.54) is 25.3 Å². The molecule has 0 aromatic heterocycles. The van der Waals surface area contributed by atoms with Gasteiger partial charge in [0.15, 0.2) is 11.6 Å². The molecule has 112 valence electrons. The maximum absolute atomic E-state index is 13.8. The van der Waals surface area contributed by atoms with E-state index >= 15 is 0 Å². The Hall–Kier alpha value is -1.45. The van der Waals surface area contributed by atoms with Gasteiger partial charge in [0.05, 0.1) is 17.5 Å². The van der Waals surface area contributed by atoms with Crippen LogP contribution in [0.3, 0.4) is 0 Å². The minimum atomic E-state index is -0.406. The summed E-state index contributed by atoms with van der Waals surface area (Å²) in [7, 11) is 0. The number of hydrogen-bond donors (Lipinski definition) is 2. The quantitative estimate of drug-likeness (QED) is 0.800. The second-order valence-corrected chi connectivity index (χ2v) is 6.20. The van der Waals surface area contributed by atoms with E-state index in [2.05, 4.69) is 12.2 Å². The molecular formula is C16H25FN2O. The third kappa shape index (κ3) is 3.78. The molecule has 0 radical (unpaired) electrons. The molecule has 0 spiro atoms. The maximum Gasteiger partial charge on any atom is 0.167 e. The minimum absolute atomic E-state index is 0.0587.